The molecule has 0 aromatic carbocycles. The van der Waals surface area contributed by atoms with Gasteiger partial charge in [-0.1, -0.05) is 0 Å². The number of hydrogen-bond acceptors (Lipinski definition) is 3. The molecule has 11 heavy (non-hydrogen) atoms. The van der Waals surface area contributed by atoms with Crippen LogP contribution in [0.15, 0.2) is 0 Å². The monoisotopic (exact) mass is 172 g/mol. The van der Waals surface area contributed by atoms with Crippen molar-refractivity contribution < 1.29 is 4.55 Å². The Morgan fingerprint density at radius 2 is 1.91 bits per heavy atom. The van der Waals surface area contributed by atoms with E-state index >= 15 is 0 Å². The first-order chi connectivity index (χ1) is 5.15. The molecule has 0 saturated carbocycles. The van der Waals surface area contributed by atoms with Crippen LogP contribution in [0.4, 0.5) is 0 Å². The molecule has 1 heterocycles. The Morgan fingerprint density at radius 1 is 1.45 bits per heavy atom. The second-order valence-electron chi connectivity index (χ2n) is 2.72. The van der Waals surface area contributed by atoms with Gasteiger partial charge in [-0.2, -0.15) is 0 Å². The largest absolute Gasteiger partial charge is 0.578 e. The van der Waals surface area contributed by atoms with E-state index in [1.165, 1.54) is 0 Å². The fourth-order valence-electron chi connectivity index (χ4n) is 1.15. The molecule has 0 N–H and O–H groups in total. The molecule has 0 atom stereocenters. The molecule has 0 amide bonds. The Kier molecular flexibility index (Phi) is 2.79. The quantitative estimate of drug-likeness (QED) is 0.371. The van der Waals surface area contributed by atoms with Gasteiger partial charge in [0.2, 0.25) is 0 Å². The zero-order valence-corrected chi connectivity index (χ0v) is 7.60. The lowest BCUT2D eigenvalue weighted by molar-refractivity contribution is 0.301. The molecule has 62 valence electrons. The number of terminal acetylenes is 1. The fraction of sp³-hybridized carbons (Fsp3) is 0.714. The molecule has 0 bridgehead atoms. The van der Waals surface area contributed by atoms with Crippen molar-refractivity contribution >= 4 is 11.5 Å². The molecule has 0 unspecified atom stereocenters. The van der Waals surface area contributed by atoms with Crippen molar-refractivity contribution in [2.45, 2.75) is 0 Å². The molecule has 3 nitrogen and oxygen atoms in total. The highest BCUT2D eigenvalue weighted by Crippen LogP contribution is 2.15. The van der Waals surface area contributed by atoms with Crippen molar-refractivity contribution in [2.75, 3.05) is 27.2 Å². The van der Waals surface area contributed by atoms with Crippen molar-refractivity contribution in [1.29, 1.82) is 0 Å². The molecule has 1 aliphatic heterocycles. The summed E-state index contributed by atoms with van der Waals surface area (Å²) in [5.41, 5.74) is 0. The maximum Gasteiger partial charge on any atom is 0.140 e. The van der Waals surface area contributed by atoms with Crippen molar-refractivity contribution in [1.82, 2.24) is 8.61 Å². The zero-order chi connectivity index (χ0) is 8.43. The second-order valence-corrected chi connectivity index (χ2v) is 4.42. The van der Waals surface area contributed by atoms with Crippen molar-refractivity contribution in [3.05, 3.63) is 0 Å². The highest BCUT2D eigenvalue weighted by atomic mass is 32.2. The summed E-state index contributed by atoms with van der Waals surface area (Å²) in [5, 5.41) is 0. The van der Waals surface area contributed by atoms with Gasteiger partial charge in [0.15, 0.2) is 0 Å². The molecule has 1 saturated heterocycles. The summed E-state index contributed by atoms with van der Waals surface area (Å²) in [6.07, 6.45) is 5.27. The summed E-state index contributed by atoms with van der Waals surface area (Å²) >= 11 is -0.981. The average molecular weight is 172 g/mol. The van der Waals surface area contributed by atoms with Crippen LogP contribution in [0.5, 0.6) is 0 Å². The van der Waals surface area contributed by atoms with E-state index in [1.54, 1.807) is 8.61 Å². The van der Waals surface area contributed by atoms with Crippen LogP contribution in [0.1, 0.15) is 0 Å². The van der Waals surface area contributed by atoms with E-state index in [4.69, 9.17) is 6.42 Å². The van der Waals surface area contributed by atoms with Gasteiger partial charge in [0.05, 0.1) is 19.0 Å². The summed E-state index contributed by atoms with van der Waals surface area (Å²) in [4.78, 5) is 0. The molecule has 4 heteroatoms. The van der Waals surface area contributed by atoms with Crippen LogP contribution in [0.25, 0.3) is 0 Å². The van der Waals surface area contributed by atoms with Gasteiger partial charge in [0.25, 0.3) is 0 Å². The summed E-state index contributed by atoms with van der Waals surface area (Å²) in [7, 11) is 3.63. The van der Waals surface area contributed by atoms with Crippen molar-refractivity contribution in [2.24, 2.45) is 5.92 Å². The van der Waals surface area contributed by atoms with E-state index < -0.39 is 11.5 Å². The Labute approximate surface area is 70.8 Å². The lowest BCUT2D eigenvalue weighted by Gasteiger charge is -2.33. The molecule has 1 rings (SSSR count). The third kappa shape index (κ3) is 1.88. The number of rotatable bonds is 0. The molecular formula is C7H12N2OS. The maximum absolute atomic E-state index is 11.3. The lowest BCUT2D eigenvalue weighted by Crippen LogP contribution is -2.49. The highest BCUT2D eigenvalue weighted by molar-refractivity contribution is 7.86. The van der Waals surface area contributed by atoms with Gasteiger partial charge in [0.1, 0.15) is 11.5 Å². The Bertz CT molecular complexity index is 168. The molecule has 0 aromatic rings. The Balaban J connectivity index is 2.56. The third-order valence-electron chi connectivity index (χ3n) is 1.72. The van der Waals surface area contributed by atoms with Gasteiger partial charge in [-0.3, -0.25) is 0 Å². The number of hydrogen-bond donors (Lipinski definition) is 0. The molecule has 0 spiro atoms. The Hall–Kier alpha value is -0.210. The van der Waals surface area contributed by atoms with Crippen molar-refractivity contribution in [3.63, 3.8) is 0 Å². The first kappa shape index (κ1) is 8.88. The van der Waals surface area contributed by atoms with Crippen LogP contribution >= 0.6 is 0 Å². The van der Waals surface area contributed by atoms with Crippen LogP contribution < -0.4 is 0 Å². The van der Waals surface area contributed by atoms with Gasteiger partial charge >= 0.3 is 0 Å². The highest BCUT2D eigenvalue weighted by Gasteiger charge is 2.31. The topological polar surface area (TPSA) is 29.5 Å². The van der Waals surface area contributed by atoms with Crippen LogP contribution in [0.3, 0.4) is 0 Å². The Morgan fingerprint density at radius 3 is 2.27 bits per heavy atom. The fourth-order valence-corrected chi connectivity index (χ4v) is 2.24. The predicted molar refractivity (Wildman–Crippen MR) is 45.7 cm³/mol. The zero-order valence-electron chi connectivity index (χ0n) is 6.78. The SMILES string of the molecule is C#CC1CN(C)[S+]([O-])N(C)C1. The summed E-state index contributed by atoms with van der Waals surface area (Å²) in [6.45, 7) is 1.46. The standard InChI is InChI=1S/C7H12N2OS/c1-4-7-5-8(2)11(10)9(3)6-7/h1,7H,5-6H2,2-3H3. The van der Waals surface area contributed by atoms with Gasteiger partial charge < -0.3 is 4.55 Å². The van der Waals surface area contributed by atoms with Crippen molar-refractivity contribution in [3.8, 4) is 12.3 Å². The molecule has 1 aliphatic rings. The maximum atomic E-state index is 11.3. The van der Waals surface area contributed by atoms with Crippen LogP contribution in [0.2, 0.25) is 0 Å². The minimum absolute atomic E-state index is 0.211. The molecule has 0 aliphatic carbocycles. The summed E-state index contributed by atoms with van der Waals surface area (Å²) < 4.78 is 14.8. The lowest BCUT2D eigenvalue weighted by atomic mass is 10.1. The van der Waals surface area contributed by atoms with E-state index in [0.717, 1.165) is 13.1 Å². The van der Waals surface area contributed by atoms with E-state index in [0.29, 0.717) is 0 Å². The normalized spacial score (nSPS) is 35.1. The second kappa shape index (κ2) is 3.46. The molecular weight excluding hydrogens is 160 g/mol. The average Bonchev–Trinajstić information content (AvgIpc) is 1.99. The molecule has 0 aromatic heterocycles. The first-order valence-electron chi connectivity index (χ1n) is 3.45. The smallest absolute Gasteiger partial charge is 0.140 e. The van der Waals surface area contributed by atoms with E-state index in [-0.39, 0.29) is 5.92 Å². The van der Waals surface area contributed by atoms with Gasteiger partial charge in [-0.25, -0.2) is 0 Å². The summed E-state index contributed by atoms with van der Waals surface area (Å²) in [6, 6.07) is 0. The van der Waals surface area contributed by atoms with E-state index in [9.17, 15) is 4.55 Å². The first-order valence-corrected chi connectivity index (χ1v) is 4.52. The van der Waals surface area contributed by atoms with E-state index in [1.807, 2.05) is 14.1 Å². The summed E-state index contributed by atoms with van der Waals surface area (Å²) in [5.74, 6) is 2.88. The minimum atomic E-state index is -0.981. The molecule has 1 fully saturated rings. The van der Waals surface area contributed by atoms with Crippen LogP contribution in [0, 0.1) is 18.3 Å². The third-order valence-corrected chi connectivity index (χ3v) is 3.09. The minimum Gasteiger partial charge on any atom is -0.578 e. The van der Waals surface area contributed by atoms with Gasteiger partial charge in [0, 0.05) is 14.1 Å². The van der Waals surface area contributed by atoms with Gasteiger partial charge in [-0.05, 0) is 0 Å². The number of nitrogens with zero attached hydrogens (tertiary/aromatic N) is 2. The van der Waals surface area contributed by atoms with Gasteiger partial charge in [-0.15, -0.1) is 21.0 Å². The predicted octanol–water partition coefficient (Wildman–Crippen LogP) is -0.308. The van der Waals surface area contributed by atoms with Crippen LogP contribution in [-0.2, 0) is 11.5 Å². The molecule has 0 radical (unpaired) electrons. The van der Waals surface area contributed by atoms with Crippen LogP contribution in [-0.4, -0.2) is 40.3 Å². The van der Waals surface area contributed by atoms with E-state index in [2.05, 4.69) is 5.92 Å².